The predicted octanol–water partition coefficient (Wildman–Crippen LogP) is 3.41. The Morgan fingerprint density at radius 2 is 1.57 bits per heavy atom. The van der Waals surface area contributed by atoms with Crippen molar-refractivity contribution in [3.05, 3.63) is 53.3 Å². The van der Waals surface area contributed by atoms with Gasteiger partial charge >= 0.3 is 0 Å². The maximum atomic E-state index is 12.3. The van der Waals surface area contributed by atoms with Crippen molar-refractivity contribution >= 4 is 66.9 Å². The van der Waals surface area contributed by atoms with Crippen molar-refractivity contribution in [2.75, 3.05) is 22.1 Å². The van der Waals surface area contributed by atoms with Crippen LogP contribution < -0.4 is 10.6 Å². The number of anilines is 4. The fourth-order valence-corrected chi connectivity index (χ4v) is 5.71. The molecule has 0 radical (unpaired) electrons. The standard InChI is InChI=1S/C18H18ClN5O8S3/c1-11-10-13(4-7-15(11)35(28,29)30)21-18-23-16(19)22-17(24-18)20-12-2-5-14(6-3-12)34(26,27)9-8-33-32-31-25/h2-7,10,25H,8-9H2,1H3,(H,28,29,30)(H2,20,21,22,23,24). The second kappa shape index (κ2) is 11.4. The van der Waals surface area contributed by atoms with Crippen LogP contribution in [-0.4, -0.2) is 53.1 Å². The molecule has 0 aliphatic rings. The molecule has 0 spiro atoms. The van der Waals surface area contributed by atoms with E-state index >= 15 is 0 Å². The van der Waals surface area contributed by atoms with Gasteiger partial charge in [-0.2, -0.15) is 23.4 Å². The molecule has 4 N–H and O–H groups in total. The lowest BCUT2D eigenvalue weighted by Gasteiger charge is -2.10. The van der Waals surface area contributed by atoms with Crippen molar-refractivity contribution in [3.63, 3.8) is 0 Å². The molecule has 2 aromatic carbocycles. The van der Waals surface area contributed by atoms with E-state index in [-0.39, 0.29) is 38.5 Å². The molecule has 0 unspecified atom stereocenters. The van der Waals surface area contributed by atoms with E-state index in [1.165, 1.54) is 49.4 Å². The smallest absolute Gasteiger partial charge is 0.294 e. The van der Waals surface area contributed by atoms with Gasteiger partial charge in [0.2, 0.25) is 17.2 Å². The van der Waals surface area contributed by atoms with Crippen LogP contribution >= 0.6 is 23.6 Å². The molecular weight excluding hydrogens is 546 g/mol. The molecule has 1 heterocycles. The van der Waals surface area contributed by atoms with Crippen molar-refractivity contribution in [2.45, 2.75) is 16.7 Å². The first-order valence-corrected chi connectivity index (χ1v) is 13.8. The Hall–Kier alpha value is -2.57. The van der Waals surface area contributed by atoms with Gasteiger partial charge in [-0.1, -0.05) is 5.04 Å². The van der Waals surface area contributed by atoms with Crippen LogP contribution in [0.3, 0.4) is 0 Å². The third kappa shape index (κ3) is 7.71. The number of rotatable bonds is 11. The molecule has 1 aromatic heterocycles. The number of aromatic nitrogens is 3. The summed E-state index contributed by atoms with van der Waals surface area (Å²) >= 11 is 6.63. The summed E-state index contributed by atoms with van der Waals surface area (Å²) in [6, 6.07) is 9.94. The number of hydrogen-bond donors (Lipinski definition) is 4. The van der Waals surface area contributed by atoms with Gasteiger partial charge < -0.3 is 10.6 Å². The van der Waals surface area contributed by atoms with E-state index < -0.39 is 20.0 Å². The molecule has 35 heavy (non-hydrogen) atoms. The van der Waals surface area contributed by atoms with Crippen molar-refractivity contribution in [1.82, 2.24) is 15.0 Å². The molecular formula is C18H18ClN5O8S3. The number of hydrogen-bond acceptors (Lipinski definition) is 13. The van der Waals surface area contributed by atoms with Crippen molar-refractivity contribution in [1.29, 1.82) is 0 Å². The zero-order valence-corrected chi connectivity index (χ0v) is 20.9. The molecule has 0 atom stereocenters. The first-order chi connectivity index (χ1) is 16.5. The lowest BCUT2D eigenvalue weighted by atomic mass is 10.2. The van der Waals surface area contributed by atoms with Gasteiger partial charge in [0.05, 0.1) is 15.5 Å². The Morgan fingerprint density at radius 1 is 0.971 bits per heavy atom. The van der Waals surface area contributed by atoms with Crippen molar-refractivity contribution in [2.24, 2.45) is 0 Å². The number of sulfone groups is 1. The molecule has 13 nitrogen and oxygen atoms in total. The lowest BCUT2D eigenvalue weighted by molar-refractivity contribution is -0.432. The van der Waals surface area contributed by atoms with Crippen LogP contribution in [-0.2, 0) is 29.3 Å². The van der Waals surface area contributed by atoms with Gasteiger partial charge in [-0.3, -0.25) is 4.55 Å². The number of benzene rings is 2. The number of nitrogens with one attached hydrogen (secondary N) is 2. The third-order valence-corrected chi connectivity index (χ3v) is 8.00. The Kier molecular flexibility index (Phi) is 8.84. The average Bonchev–Trinajstić information content (AvgIpc) is 2.76. The summed E-state index contributed by atoms with van der Waals surface area (Å²) in [4.78, 5) is 12.0. The lowest BCUT2D eigenvalue weighted by Crippen LogP contribution is -2.09. The van der Waals surface area contributed by atoms with E-state index in [2.05, 4.69) is 35.0 Å². The highest BCUT2D eigenvalue weighted by Gasteiger charge is 2.16. The minimum atomic E-state index is -4.35. The second-order valence-electron chi connectivity index (χ2n) is 6.76. The first kappa shape index (κ1) is 27.0. The summed E-state index contributed by atoms with van der Waals surface area (Å²) in [7, 11) is -7.94. The fourth-order valence-electron chi connectivity index (χ4n) is 2.80. The van der Waals surface area contributed by atoms with Crippen LogP contribution in [0.5, 0.6) is 0 Å². The summed E-state index contributed by atoms with van der Waals surface area (Å²) in [5, 5.41) is 17.1. The fraction of sp³-hybridized carbons (Fsp3) is 0.167. The minimum absolute atomic E-state index is 0.0418. The molecule has 0 aliphatic carbocycles. The van der Waals surface area contributed by atoms with E-state index in [0.29, 0.717) is 29.0 Å². The molecule has 3 aromatic rings. The van der Waals surface area contributed by atoms with Crippen LogP contribution in [0.15, 0.2) is 52.3 Å². The Bertz CT molecular complexity index is 1410. The number of aryl methyl sites for hydroxylation is 1. The number of halogens is 1. The normalized spacial score (nSPS) is 11.9. The highest BCUT2D eigenvalue weighted by molar-refractivity contribution is 7.97. The van der Waals surface area contributed by atoms with Crippen LogP contribution in [0.2, 0.25) is 5.28 Å². The largest absolute Gasteiger partial charge is 0.324 e. The van der Waals surface area contributed by atoms with Crippen molar-refractivity contribution in [3.8, 4) is 0 Å². The van der Waals surface area contributed by atoms with Gasteiger partial charge in [0.15, 0.2) is 9.84 Å². The molecule has 0 saturated heterocycles. The molecule has 17 heteroatoms. The second-order valence-corrected chi connectivity index (χ2v) is 11.4. The Labute approximate surface area is 209 Å². The molecule has 0 amide bonds. The van der Waals surface area contributed by atoms with Gasteiger partial charge in [0.25, 0.3) is 10.1 Å². The summed E-state index contributed by atoms with van der Waals surface area (Å²) in [6.45, 7) is 1.52. The maximum absolute atomic E-state index is 12.3. The predicted molar refractivity (Wildman–Crippen MR) is 128 cm³/mol. The zero-order valence-electron chi connectivity index (χ0n) is 17.7. The third-order valence-electron chi connectivity index (χ3n) is 4.30. The van der Waals surface area contributed by atoms with E-state index in [1.54, 1.807) is 0 Å². The summed E-state index contributed by atoms with van der Waals surface area (Å²) < 4.78 is 60.8. The van der Waals surface area contributed by atoms with Crippen LogP contribution in [0.1, 0.15) is 5.56 Å². The highest BCUT2D eigenvalue weighted by Crippen LogP contribution is 2.23. The van der Waals surface area contributed by atoms with Crippen LogP contribution in [0, 0.1) is 6.92 Å². The van der Waals surface area contributed by atoms with Crippen LogP contribution in [0.25, 0.3) is 0 Å². The molecule has 0 aliphatic heterocycles. The summed E-state index contributed by atoms with van der Waals surface area (Å²) in [5.41, 5.74) is 1.21. The van der Waals surface area contributed by atoms with Gasteiger partial charge in [-0.15, -0.1) is 4.33 Å². The Balaban J connectivity index is 1.72. The SMILES string of the molecule is Cc1cc(Nc2nc(Cl)nc(Nc3ccc(S(=O)(=O)CCSOOO)cc3)n2)ccc1S(=O)(=O)O. The maximum Gasteiger partial charge on any atom is 0.294 e. The number of nitrogens with zero attached hydrogens (tertiary/aromatic N) is 3. The van der Waals surface area contributed by atoms with E-state index in [1.807, 2.05) is 0 Å². The van der Waals surface area contributed by atoms with E-state index in [9.17, 15) is 21.4 Å². The van der Waals surface area contributed by atoms with Crippen molar-refractivity contribution < 1.29 is 36.0 Å². The summed E-state index contributed by atoms with van der Waals surface area (Å²) in [5.74, 6) is -0.0827. The molecule has 0 bridgehead atoms. The zero-order chi connectivity index (χ0) is 25.6. The monoisotopic (exact) mass is 563 g/mol. The van der Waals surface area contributed by atoms with Gasteiger partial charge in [0.1, 0.15) is 0 Å². The first-order valence-electron chi connectivity index (χ1n) is 9.44. The minimum Gasteiger partial charge on any atom is -0.324 e. The van der Waals surface area contributed by atoms with E-state index in [0.717, 1.165) is 0 Å². The molecule has 0 saturated carbocycles. The Morgan fingerprint density at radius 3 is 2.14 bits per heavy atom. The van der Waals surface area contributed by atoms with Gasteiger partial charge in [-0.05, 0) is 66.6 Å². The van der Waals surface area contributed by atoms with E-state index in [4.69, 9.17) is 16.9 Å². The summed E-state index contributed by atoms with van der Waals surface area (Å²) in [6.07, 6.45) is 0. The van der Waals surface area contributed by atoms with Gasteiger partial charge in [0, 0.05) is 29.2 Å². The quantitative estimate of drug-likeness (QED) is 0.0872. The average molecular weight is 564 g/mol. The molecule has 0 fully saturated rings. The van der Waals surface area contributed by atoms with Gasteiger partial charge in [-0.25, -0.2) is 13.7 Å². The molecule has 3 rings (SSSR count). The highest BCUT2D eigenvalue weighted by atomic mass is 35.5. The van der Waals surface area contributed by atoms with Crippen LogP contribution in [0.4, 0.5) is 23.3 Å². The topological polar surface area (TPSA) is 190 Å². The molecule has 188 valence electrons.